The molecular formula is C10H11N5S. The number of guanidine groups is 1. The van der Waals surface area contributed by atoms with Crippen LogP contribution in [0.1, 0.15) is 5.56 Å². The summed E-state index contributed by atoms with van der Waals surface area (Å²) >= 11 is 1.24. The van der Waals surface area contributed by atoms with Gasteiger partial charge in [-0.15, -0.1) is 0 Å². The Kier molecular flexibility index (Phi) is 2.21. The zero-order chi connectivity index (χ0) is 11.0. The SMILES string of the molecule is Cc1ccc(NC2=NCCN2)c2nsnc12. The molecule has 1 aromatic heterocycles. The highest BCUT2D eigenvalue weighted by Crippen LogP contribution is 2.24. The molecule has 0 radical (unpaired) electrons. The minimum atomic E-state index is 0.818. The minimum absolute atomic E-state index is 0.818. The number of nitrogens with zero attached hydrogens (tertiary/aromatic N) is 3. The summed E-state index contributed by atoms with van der Waals surface area (Å²) < 4.78 is 8.59. The van der Waals surface area contributed by atoms with E-state index in [1.807, 2.05) is 19.1 Å². The van der Waals surface area contributed by atoms with Crippen molar-refractivity contribution in [2.45, 2.75) is 6.92 Å². The number of hydrogen-bond donors (Lipinski definition) is 2. The average Bonchev–Trinajstić information content (AvgIpc) is 2.92. The molecule has 2 N–H and O–H groups in total. The van der Waals surface area contributed by atoms with Crippen molar-refractivity contribution in [2.75, 3.05) is 18.4 Å². The quantitative estimate of drug-likeness (QED) is 0.781. The first kappa shape index (κ1) is 9.53. The fourth-order valence-corrected chi connectivity index (χ4v) is 2.32. The molecule has 0 aliphatic carbocycles. The Labute approximate surface area is 96.9 Å². The number of fused-ring (bicyclic) bond motifs is 1. The van der Waals surface area contributed by atoms with Gasteiger partial charge in [0.2, 0.25) is 0 Å². The number of rotatable bonds is 1. The molecule has 6 heteroatoms. The van der Waals surface area contributed by atoms with Crippen LogP contribution in [0.4, 0.5) is 5.69 Å². The Morgan fingerprint density at radius 2 is 2.19 bits per heavy atom. The standard InChI is InChI=1S/C10H11N5S/c1-6-2-3-7(9-8(6)14-16-15-9)13-10-11-4-5-12-10/h2-3H,4-5H2,1H3,(H2,11,12,13). The molecule has 0 bridgehead atoms. The van der Waals surface area contributed by atoms with Crippen molar-refractivity contribution in [3.05, 3.63) is 17.7 Å². The van der Waals surface area contributed by atoms with Gasteiger partial charge in [0, 0.05) is 6.54 Å². The summed E-state index contributed by atoms with van der Waals surface area (Å²) in [6.45, 7) is 3.76. The van der Waals surface area contributed by atoms with E-state index in [0.29, 0.717) is 0 Å². The molecule has 0 saturated carbocycles. The minimum Gasteiger partial charge on any atom is -0.354 e. The van der Waals surface area contributed by atoms with Gasteiger partial charge in [0.05, 0.1) is 24.0 Å². The van der Waals surface area contributed by atoms with Gasteiger partial charge in [0.25, 0.3) is 0 Å². The molecule has 16 heavy (non-hydrogen) atoms. The Morgan fingerprint density at radius 1 is 1.31 bits per heavy atom. The Bertz CT molecular complexity index is 559. The van der Waals surface area contributed by atoms with E-state index in [1.165, 1.54) is 11.7 Å². The zero-order valence-electron chi connectivity index (χ0n) is 8.82. The second kappa shape index (κ2) is 3.71. The third kappa shape index (κ3) is 1.51. The molecule has 0 atom stereocenters. The van der Waals surface area contributed by atoms with E-state index in [0.717, 1.165) is 41.3 Å². The lowest BCUT2D eigenvalue weighted by molar-refractivity contribution is 0.959. The molecule has 82 valence electrons. The van der Waals surface area contributed by atoms with Crippen molar-refractivity contribution in [2.24, 2.45) is 4.99 Å². The predicted octanol–water partition coefficient (Wildman–Crippen LogP) is 1.37. The van der Waals surface area contributed by atoms with Crippen LogP contribution in [0.3, 0.4) is 0 Å². The average molecular weight is 233 g/mol. The molecule has 1 aromatic carbocycles. The van der Waals surface area contributed by atoms with E-state index >= 15 is 0 Å². The molecule has 0 unspecified atom stereocenters. The molecule has 3 rings (SSSR count). The highest BCUT2D eigenvalue weighted by molar-refractivity contribution is 7.00. The molecule has 0 saturated heterocycles. The Morgan fingerprint density at radius 3 is 3.00 bits per heavy atom. The summed E-state index contributed by atoms with van der Waals surface area (Å²) in [6.07, 6.45) is 0. The lowest BCUT2D eigenvalue weighted by Crippen LogP contribution is -2.26. The lowest BCUT2D eigenvalue weighted by atomic mass is 10.2. The number of hydrogen-bond acceptors (Lipinski definition) is 6. The second-order valence-corrected chi connectivity index (χ2v) is 4.20. The maximum atomic E-state index is 4.31. The summed E-state index contributed by atoms with van der Waals surface area (Å²) in [5, 5.41) is 6.41. The lowest BCUT2D eigenvalue weighted by Gasteiger charge is -2.07. The van der Waals surface area contributed by atoms with Crippen LogP contribution >= 0.6 is 11.7 Å². The van der Waals surface area contributed by atoms with Crippen molar-refractivity contribution >= 4 is 34.4 Å². The predicted molar refractivity (Wildman–Crippen MR) is 66.1 cm³/mol. The largest absolute Gasteiger partial charge is 0.354 e. The smallest absolute Gasteiger partial charge is 0.195 e. The van der Waals surface area contributed by atoms with Crippen LogP contribution in [0.2, 0.25) is 0 Å². The van der Waals surface area contributed by atoms with Crippen molar-refractivity contribution < 1.29 is 0 Å². The summed E-state index contributed by atoms with van der Waals surface area (Å²) in [5.41, 5.74) is 3.99. The Balaban J connectivity index is 2.03. The molecular weight excluding hydrogens is 222 g/mol. The summed E-state index contributed by atoms with van der Waals surface area (Å²) in [6, 6.07) is 4.06. The fourth-order valence-electron chi connectivity index (χ4n) is 1.70. The number of anilines is 1. The van der Waals surface area contributed by atoms with E-state index in [2.05, 4.69) is 24.4 Å². The van der Waals surface area contributed by atoms with Gasteiger partial charge in [0.15, 0.2) is 5.96 Å². The summed E-state index contributed by atoms with van der Waals surface area (Å²) in [4.78, 5) is 4.29. The molecule has 1 aliphatic rings. The van der Waals surface area contributed by atoms with Crippen molar-refractivity contribution in [1.82, 2.24) is 14.1 Å². The fraction of sp³-hybridized carbons (Fsp3) is 0.300. The van der Waals surface area contributed by atoms with Crippen molar-refractivity contribution in [3.63, 3.8) is 0 Å². The summed E-state index contributed by atoms with van der Waals surface area (Å²) in [5.74, 6) is 0.818. The van der Waals surface area contributed by atoms with Crippen LogP contribution in [0.5, 0.6) is 0 Å². The van der Waals surface area contributed by atoms with E-state index in [4.69, 9.17) is 0 Å². The van der Waals surface area contributed by atoms with Gasteiger partial charge in [-0.25, -0.2) is 0 Å². The normalized spacial score (nSPS) is 14.9. The molecule has 2 heterocycles. The van der Waals surface area contributed by atoms with Gasteiger partial charge in [-0.3, -0.25) is 4.99 Å². The molecule has 0 fully saturated rings. The van der Waals surface area contributed by atoms with E-state index < -0.39 is 0 Å². The molecule has 1 aliphatic heterocycles. The van der Waals surface area contributed by atoms with Gasteiger partial charge in [0.1, 0.15) is 11.0 Å². The van der Waals surface area contributed by atoms with E-state index in [9.17, 15) is 0 Å². The van der Waals surface area contributed by atoms with Crippen LogP contribution in [-0.4, -0.2) is 27.8 Å². The second-order valence-electron chi connectivity index (χ2n) is 3.67. The molecule has 5 nitrogen and oxygen atoms in total. The number of aromatic nitrogens is 2. The molecule has 0 spiro atoms. The Hall–Kier alpha value is -1.69. The van der Waals surface area contributed by atoms with E-state index in [-0.39, 0.29) is 0 Å². The van der Waals surface area contributed by atoms with Gasteiger partial charge in [-0.05, 0) is 18.6 Å². The van der Waals surface area contributed by atoms with Crippen LogP contribution in [0.25, 0.3) is 11.0 Å². The first-order chi connectivity index (χ1) is 7.84. The van der Waals surface area contributed by atoms with Crippen LogP contribution in [0, 0.1) is 6.92 Å². The van der Waals surface area contributed by atoms with Gasteiger partial charge >= 0.3 is 0 Å². The number of benzene rings is 1. The van der Waals surface area contributed by atoms with Crippen molar-refractivity contribution in [3.8, 4) is 0 Å². The number of aryl methyl sites for hydroxylation is 1. The maximum absolute atomic E-state index is 4.31. The maximum Gasteiger partial charge on any atom is 0.195 e. The van der Waals surface area contributed by atoms with Gasteiger partial charge in [-0.2, -0.15) is 8.75 Å². The third-order valence-electron chi connectivity index (χ3n) is 2.54. The monoisotopic (exact) mass is 233 g/mol. The highest BCUT2D eigenvalue weighted by atomic mass is 32.1. The third-order valence-corrected chi connectivity index (χ3v) is 3.07. The van der Waals surface area contributed by atoms with E-state index in [1.54, 1.807) is 0 Å². The molecule has 0 amide bonds. The van der Waals surface area contributed by atoms with Gasteiger partial charge in [-0.1, -0.05) is 6.07 Å². The topological polar surface area (TPSA) is 62.2 Å². The number of aliphatic imine (C=N–C) groups is 1. The van der Waals surface area contributed by atoms with Crippen LogP contribution in [0.15, 0.2) is 17.1 Å². The number of nitrogens with one attached hydrogen (secondary N) is 2. The first-order valence-corrected chi connectivity index (χ1v) is 5.85. The van der Waals surface area contributed by atoms with Crippen LogP contribution < -0.4 is 10.6 Å². The molecule has 2 aromatic rings. The highest BCUT2D eigenvalue weighted by Gasteiger charge is 2.11. The zero-order valence-corrected chi connectivity index (χ0v) is 9.64. The first-order valence-electron chi connectivity index (χ1n) is 5.12. The van der Waals surface area contributed by atoms with Gasteiger partial charge < -0.3 is 10.6 Å². The summed E-state index contributed by atoms with van der Waals surface area (Å²) in [7, 11) is 0. The van der Waals surface area contributed by atoms with Crippen molar-refractivity contribution in [1.29, 1.82) is 0 Å². The van der Waals surface area contributed by atoms with Crippen LogP contribution in [-0.2, 0) is 0 Å².